The molecule has 6 atom stereocenters. The number of carbonyl (C=O) groups excluding carboxylic acids is 8. The minimum Gasteiger partial charge on any atom is -0.445 e. The number of benzene rings is 2. The minimum atomic E-state index is -4.18. The molecule has 3 aliphatic rings. The van der Waals surface area contributed by atoms with Crippen molar-refractivity contribution in [1.82, 2.24) is 40.9 Å². The Morgan fingerprint density at radius 1 is 0.826 bits per heavy atom. The maximum absolute atomic E-state index is 13.6. The molecule has 0 bridgehead atoms. The van der Waals surface area contributed by atoms with E-state index in [9.17, 15) is 46.8 Å². The molecule has 7 rings (SSSR count). The molecular weight excluding hydrogens is 1140 g/mol. The van der Waals surface area contributed by atoms with E-state index in [4.69, 9.17) is 43.6 Å². The third-order valence-corrected chi connectivity index (χ3v) is 14.4. The van der Waals surface area contributed by atoms with Gasteiger partial charge in [0, 0.05) is 55.5 Å². The number of urea groups is 1. The molecule has 0 unspecified atom stereocenters. The monoisotopic (exact) mass is 1220 g/mol. The van der Waals surface area contributed by atoms with Crippen LogP contribution in [0.5, 0.6) is 0 Å². The molecule has 2 aromatic heterocycles. The van der Waals surface area contributed by atoms with Crippen LogP contribution in [0.1, 0.15) is 80.6 Å². The zero-order valence-corrected chi connectivity index (χ0v) is 48.2. The second-order valence-corrected chi connectivity index (χ2v) is 21.5. The molecule has 0 spiro atoms. The molecule has 1 saturated carbocycles. The van der Waals surface area contributed by atoms with E-state index >= 15 is 0 Å². The Hall–Kier alpha value is -8.39. The summed E-state index contributed by atoms with van der Waals surface area (Å²) in [7, 11) is -4.18. The molecule has 2 aliphatic carbocycles. The van der Waals surface area contributed by atoms with Crippen LogP contribution in [0.25, 0.3) is 11.0 Å². The van der Waals surface area contributed by atoms with Gasteiger partial charge in [-0.15, -0.1) is 0 Å². The van der Waals surface area contributed by atoms with Gasteiger partial charge in [-0.2, -0.15) is 8.42 Å². The van der Waals surface area contributed by atoms with Gasteiger partial charge in [0.1, 0.15) is 36.5 Å². The van der Waals surface area contributed by atoms with E-state index in [1.807, 2.05) is 18.3 Å². The van der Waals surface area contributed by atoms with Gasteiger partial charge in [-0.05, 0) is 85.9 Å². The van der Waals surface area contributed by atoms with Gasteiger partial charge in [-0.3, -0.25) is 28.2 Å². The van der Waals surface area contributed by atoms with Crippen LogP contribution in [-0.4, -0.2) is 160 Å². The van der Waals surface area contributed by atoms with Gasteiger partial charge in [-0.1, -0.05) is 48.0 Å². The molecule has 464 valence electrons. The first-order valence-electron chi connectivity index (χ1n) is 27.9. The van der Waals surface area contributed by atoms with Gasteiger partial charge < -0.3 is 70.7 Å². The number of imide groups is 1. The summed E-state index contributed by atoms with van der Waals surface area (Å²) in [5.74, 6) is -4.04. The summed E-state index contributed by atoms with van der Waals surface area (Å²) >= 11 is 0. The van der Waals surface area contributed by atoms with Crippen molar-refractivity contribution in [2.24, 2.45) is 16.8 Å². The molecule has 30 heteroatoms. The average molecular weight is 1220 g/mol. The highest BCUT2D eigenvalue weighted by Crippen LogP contribution is 2.40. The molecule has 8 amide bonds. The highest BCUT2D eigenvalue weighted by Gasteiger charge is 2.38. The van der Waals surface area contributed by atoms with Crippen molar-refractivity contribution >= 4 is 80.5 Å². The second kappa shape index (κ2) is 32.2. The van der Waals surface area contributed by atoms with Gasteiger partial charge in [0.15, 0.2) is 0 Å². The number of nitrogens with zero attached hydrogens (tertiary/aromatic N) is 4. The van der Waals surface area contributed by atoms with E-state index in [0.29, 0.717) is 29.2 Å². The van der Waals surface area contributed by atoms with E-state index in [0.717, 1.165) is 41.8 Å². The molecule has 3 heterocycles. The van der Waals surface area contributed by atoms with Crippen LogP contribution in [0.15, 0.2) is 91.4 Å². The lowest BCUT2D eigenvalue weighted by Crippen LogP contribution is -2.53. The Morgan fingerprint density at radius 2 is 1.55 bits per heavy atom. The van der Waals surface area contributed by atoms with Crippen LogP contribution in [-0.2, 0) is 84.8 Å². The summed E-state index contributed by atoms with van der Waals surface area (Å²) in [6.45, 7) is 6.04. The van der Waals surface area contributed by atoms with Crippen LogP contribution in [0, 0.1) is 5.92 Å². The summed E-state index contributed by atoms with van der Waals surface area (Å²) in [4.78, 5) is 113. The van der Waals surface area contributed by atoms with Crippen molar-refractivity contribution in [2.45, 2.75) is 95.2 Å². The number of aromatic nitrogens is 3. The molecular formula is C56H72N12O17S. The van der Waals surface area contributed by atoms with Crippen molar-refractivity contribution in [1.29, 1.82) is 0 Å². The Morgan fingerprint density at radius 3 is 2.29 bits per heavy atom. The fraction of sp³-hybridized carbons (Fsp3) is 0.464. The number of nitrogens with one attached hydrogen (secondary N) is 6. The number of rotatable bonds is 35. The molecule has 29 nitrogen and oxygen atoms in total. The molecule has 1 aliphatic heterocycles. The number of hydroxylamine groups is 2. The zero-order chi connectivity index (χ0) is 61.6. The van der Waals surface area contributed by atoms with E-state index in [-0.39, 0.29) is 128 Å². The number of hydrogen-bond acceptors (Lipinski definition) is 20. The number of ether oxygens (including phenoxy) is 5. The maximum Gasteiger partial charge on any atom is 0.407 e. The third kappa shape index (κ3) is 20.1. The quantitative estimate of drug-likeness (QED) is 0.0186. The highest BCUT2D eigenvalue weighted by molar-refractivity contribution is 7.84. The van der Waals surface area contributed by atoms with Crippen molar-refractivity contribution in [3.8, 4) is 0 Å². The smallest absolute Gasteiger partial charge is 0.407 e. The molecule has 0 saturated heterocycles. The average Bonchev–Trinajstić information content (AvgIpc) is 2.62. The van der Waals surface area contributed by atoms with E-state index in [1.165, 1.54) is 18.1 Å². The first-order chi connectivity index (χ1) is 41.3. The fourth-order valence-corrected chi connectivity index (χ4v) is 10.1. The lowest BCUT2D eigenvalue weighted by Gasteiger charge is -2.23. The SMILES string of the molecule is C=C(C)[C@@H](NC(=O)CCOCCC(=O)ON1C(=O)C=CC1=O)C(=O)N[C@H](CCCNC(N)=O)C(=O)Nc1ccc(COC(=O)NCCOCCOCCO[C@H]2C[C@H](n3ccc4c(N[C@H]5CCc6ccccc65)ncnc43)C[C@H]2COS(N)(=O)=O)cc1. The van der Waals surface area contributed by atoms with Crippen molar-refractivity contribution < 1.29 is 79.5 Å². The number of aryl methyl sites for hydroxylation is 1. The third-order valence-electron chi connectivity index (χ3n) is 14.0. The number of anilines is 2. The van der Waals surface area contributed by atoms with Crippen molar-refractivity contribution in [3.05, 3.63) is 108 Å². The molecule has 4 aromatic rings. The first kappa shape index (κ1) is 65.2. The number of primary amides is 1. The van der Waals surface area contributed by atoms with Crippen molar-refractivity contribution in [3.63, 3.8) is 0 Å². The van der Waals surface area contributed by atoms with Crippen LogP contribution in [0.4, 0.5) is 21.1 Å². The van der Waals surface area contributed by atoms with Crippen LogP contribution < -0.4 is 42.8 Å². The number of fused-ring (bicyclic) bond motifs is 2. The summed E-state index contributed by atoms with van der Waals surface area (Å²) in [5.41, 5.74) is 9.70. The molecule has 86 heavy (non-hydrogen) atoms. The van der Waals surface area contributed by atoms with Gasteiger partial charge in [0.2, 0.25) is 17.7 Å². The number of nitrogens with two attached hydrogens (primary N) is 2. The predicted octanol–water partition coefficient (Wildman–Crippen LogP) is 2.16. The first-order valence-corrected chi connectivity index (χ1v) is 29.3. The maximum atomic E-state index is 13.6. The van der Waals surface area contributed by atoms with Crippen LogP contribution >= 0.6 is 0 Å². The van der Waals surface area contributed by atoms with Crippen LogP contribution in [0.3, 0.4) is 0 Å². The number of amides is 8. The van der Waals surface area contributed by atoms with Crippen molar-refractivity contribution in [2.75, 3.05) is 76.6 Å². The predicted molar refractivity (Wildman–Crippen MR) is 307 cm³/mol. The Labute approximate surface area is 495 Å². The Balaban J connectivity index is 0.764. The van der Waals surface area contributed by atoms with Gasteiger partial charge in [0.25, 0.3) is 11.8 Å². The summed E-state index contributed by atoms with van der Waals surface area (Å²) in [6.07, 6.45) is 7.16. The second-order valence-electron chi connectivity index (χ2n) is 20.3. The number of alkyl carbamates (subject to hydrolysis) is 1. The van der Waals surface area contributed by atoms with Crippen LogP contribution in [0.2, 0.25) is 0 Å². The van der Waals surface area contributed by atoms with Gasteiger partial charge in [0.05, 0.1) is 76.8 Å². The molecule has 2 aromatic carbocycles. The normalized spacial score (nSPS) is 17.8. The Bertz CT molecular complexity index is 3180. The minimum absolute atomic E-state index is 0.0497. The van der Waals surface area contributed by atoms with Gasteiger partial charge >= 0.3 is 28.4 Å². The summed E-state index contributed by atoms with van der Waals surface area (Å²) < 4.78 is 58.8. The summed E-state index contributed by atoms with van der Waals surface area (Å²) in [5, 5.41) is 22.9. The molecule has 1 fully saturated rings. The summed E-state index contributed by atoms with van der Waals surface area (Å²) in [6, 6.07) is 13.6. The topological polar surface area (TPSA) is 393 Å². The van der Waals surface area contributed by atoms with E-state index < -0.39 is 70.0 Å². The lowest BCUT2D eigenvalue weighted by atomic mass is 10.1. The fourth-order valence-electron chi connectivity index (χ4n) is 9.75. The largest absolute Gasteiger partial charge is 0.445 e. The molecule has 10 N–H and O–H groups in total. The lowest BCUT2D eigenvalue weighted by molar-refractivity contribution is -0.196. The number of carbonyl (C=O) groups is 8. The highest BCUT2D eigenvalue weighted by atomic mass is 32.2. The standard InChI is InChI=1S/C56H72N12O17S/c1-35(2)50(66-46(69)18-23-79-24-19-49(72)85-68-47(70)15-16-48(68)71)54(74)65-44(8-5-20-59-55(57)75)53(73)63-39-12-9-36(10-13-39)32-83-56(76)60-21-25-80-26-27-81-28-29-82-45-31-40(30-38(45)33-84-86(58,77)78)67-22-17-42-51(61-34-62-52(42)67)64-43-14-11-37-6-3-4-7-41(37)43/h3-4,6-7,9-10,12-13,15-17,22,34,38,40,43-45,50H,1,5,8,11,14,18-21,23-33H2,2H3,(H,60,76)(H,63,73)(H,65,74)(H,66,69)(H3,57,59,75)(H2,58,77,78)(H,61,62,64)/t38-,40+,43-,44+,45-,50+/m0/s1. The zero-order valence-electron chi connectivity index (χ0n) is 47.4. The van der Waals surface area contributed by atoms with Gasteiger partial charge in [-0.25, -0.2) is 29.5 Å². The number of hydrogen-bond donors (Lipinski definition) is 8. The van der Waals surface area contributed by atoms with E-state index in [1.54, 1.807) is 30.6 Å². The van der Waals surface area contributed by atoms with E-state index in [2.05, 4.69) is 71.2 Å². The Kier molecular flexibility index (Phi) is 24.4. The molecule has 0 radical (unpaired) electrons.